The van der Waals surface area contributed by atoms with Crippen molar-refractivity contribution in [2.75, 3.05) is 0 Å². The van der Waals surface area contributed by atoms with Gasteiger partial charge >= 0.3 is 0 Å². The maximum absolute atomic E-state index is 12.9. The summed E-state index contributed by atoms with van der Waals surface area (Å²) in [6, 6.07) is 14.9. The third-order valence-corrected chi connectivity index (χ3v) is 6.26. The minimum absolute atomic E-state index is 0.0933. The molecule has 3 heterocycles. The van der Waals surface area contributed by atoms with Crippen molar-refractivity contribution in [3.63, 3.8) is 0 Å². The van der Waals surface area contributed by atoms with Gasteiger partial charge in [-0.05, 0) is 47.7 Å². The number of fused-ring (bicyclic) bond motifs is 1. The number of piperidine rings is 1. The summed E-state index contributed by atoms with van der Waals surface area (Å²) in [6.45, 7) is 0.963. The van der Waals surface area contributed by atoms with Crippen LogP contribution in [-0.2, 0) is 19.5 Å². The highest BCUT2D eigenvalue weighted by atomic mass is 16.3. The van der Waals surface area contributed by atoms with Crippen molar-refractivity contribution in [2.24, 2.45) is 0 Å². The van der Waals surface area contributed by atoms with Crippen LogP contribution in [0.4, 0.5) is 0 Å². The van der Waals surface area contributed by atoms with Crippen LogP contribution >= 0.6 is 0 Å². The first-order valence-corrected chi connectivity index (χ1v) is 10.9. The van der Waals surface area contributed by atoms with E-state index in [0.29, 0.717) is 43.5 Å². The molecule has 2 aromatic carbocycles. The highest BCUT2D eigenvalue weighted by Gasteiger charge is 2.38. The van der Waals surface area contributed by atoms with Crippen LogP contribution in [0.1, 0.15) is 51.1 Å². The van der Waals surface area contributed by atoms with Gasteiger partial charge in [-0.15, -0.1) is 5.10 Å². The van der Waals surface area contributed by atoms with E-state index in [1.807, 2.05) is 36.5 Å². The molecule has 3 atom stereocenters. The fraction of sp³-hybridized carbons (Fsp3) is 0.333. The Kier molecular flexibility index (Phi) is 5.64. The second-order valence-corrected chi connectivity index (χ2v) is 8.59. The Labute approximate surface area is 190 Å². The summed E-state index contributed by atoms with van der Waals surface area (Å²) in [5.74, 6) is -0.0933. The van der Waals surface area contributed by atoms with Crippen LogP contribution in [0.3, 0.4) is 0 Å². The molecule has 9 heteroatoms. The zero-order valence-corrected chi connectivity index (χ0v) is 17.9. The Morgan fingerprint density at radius 3 is 2.67 bits per heavy atom. The van der Waals surface area contributed by atoms with E-state index in [-0.39, 0.29) is 11.9 Å². The molecule has 3 N–H and O–H groups in total. The van der Waals surface area contributed by atoms with E-state index in [0.717, 1.165) is 22.4 Å². The first-order valence-electron chi connectivity index (χ1n) is 10.9. The van der Waals surface area contributed by atoms with Gasteiger partial charge in [0, 0.05) is 24.7 Å². The number of rotatable bonds is 5. The van der Waals surface area contributed by atoms with E-state index >= 15 is 0 Å². The molecule has 1 amide bonds. The number of carbonyl (C=O) groups excluding carboxylic acids is 1. The first kappa shape index (κ1) is 21.3. The lowest BCUT2D eigenvalue weighted by molar-refractivity contribution is -0.0477. The molecule has 3 unspecified atom stereocenters. The molecule has 2 aliphatic heterocycles. The van der Waals surface area contributed by atoms with Crippen molar-refractivity contribution < 1.29 is 15.0 Å². The second kappa shape index (κ2) is 8.75. The lowest BCUT2D eigenvalue weighted by Gasteiger charge is -2.37. The molecule has 168 valence electrons. The molecule has 1 fully saturated rings. The maximum Gasteiger partial charge on any atom is 0.254 e. The maximum atomic E-state index is 12.9. The predicted molar refractivity (Wildman–Crippen MR) is 118 cm³/mol. The topological polar surface area (TPSA) is 127 Å². The smallest absolute Gasteiger partial charge is 0.254 e. The number of nitrogens with one attached hydrogen (secondary N) is 1. The van der Waals surface area contributed by atoms with Gasteiger partial charge < -0.3 is 15.1 Å². The summed E-state index contributed by atoms with van der Waals surface area (Å²) < 4.78 is 1.77. The van der Waals surface area contributed by atoms with Crippen LogP contribution in [0.5, 0.6) is 0 Å². The van der Waals surface area contributed by atoms with Crippen molar-refractivity contribution in [3.8, 4) is 6.07 Å². The van der Waals surface area contributed by atoms with Crippen molar-refractivity contribution in [2.45, 2.75) is 50.8 Å². The first-order chi connectivity index (χ1) is 16.0. The monoisotopic (exact) mass is 444 g/mol. The van der Waals surface area contributed by atoms with Crippen molar-refractivity contribution in [3.05, 3.63) is 82.2 Å². The van der Waals surface area contributed by atoms with Crippen LogP contribution in [0.15, 0.2) is 48.7 Å². The lowest BCUT2D eigenvalue weighted by atomic mass is 10.0. The molecule has 1 aromatic heterocycles. The quantitative estimate of drug-likeness (QED) is 0.538. The number of amides is 1. The van der Waals surface area contributed by atoms with Crippen LogP contribution in [0, 0.1) is 11.3 Å². The summed E-state index contributed by atoms with van der Waals surface area (Å²) in [6.07, 6.45) is 1.88. The fourth-order valence-corrected chi connectivity index (χ4v) is 4.56. The van der Waals surface area contributed by atoms with Crippen molar-refractivity contribution >= 4 is 5.91 Å². The Morgan fingerprint density at radius 1 is 1.12 bits per heavy atom. The van der Waals surface area contributed by atoms with Gasteiger partial charge in [0.25, 0.3) is 5.91 Å². The largest absolute Gasteiger partial charge is 0.379 e. The van der Waals surface area contributed by atoms with Gasteiger partial charge in [0.05, 0.1) is 29.9 Å². The zero-order valence-electron chi connectivity index (χ0n) is 17.9. The minimum Gasteiger partial charge on any atom is -0.379 e. The molecule has 2 aliphatic rings. The number of aliphatic hydroxyl groups excluding tert-OH is 2. The normalized spacial score (nSPS) is 22.3. The molecule has 0 bridgehead atoms. The lowest BCUT2D eigenvalue weighted by Crippen LogP contribution is -2.56. The predicted octanol–water partition coefficient (Wildman–Crippen LogP) is 1.13. The Bertz CT molecular complexity index is 1220. The molecular weight excluding hydrogens is 420 g/mol. The summed E-state index contributed by atoms with van der Waals surface area (Å²) >= 11 is 0. The van der Waals surface area contributed by atoms with Gasteiger partial charge in [-0.2, -0.15) is 5.26 Å². The minimum atomic E-state index is -0.948. The average Bonchev–Trinajstić information content (AvgIpc) is 3.38. The van der Waals surface area contributed by atoms with Crippen molar-refractivity contribution in [1.82, 2.24) is 25.2 Å². The summed E-state index contributed by atoms with van der Waals surface area (Å²) in [4.78, 5) is 14.6. The van der Waals surface area contributed by atoms with Gasteiger partial charge in [0.15, 0.2) is 0 Å². The molecule has 0 radical (unpaired) electrons. The Hall–Kier alpha value is -3.58. The second-order valence-electron chi connectivity index (χ2n) is 8.59. The molecule has 3 aromatic rings. The highest BCUT2D eigenvalue weighted by molar-refractivity contribution is 5.98. The van der Waals surface area contributed by atoms with E-state index in [1.54, 1.807) is 21.7 Å². The number of benzene rings is 2. The zero-order chi connectivity index (χ0) is 22.9. The molecule has 0 spiro atoms. The van der Waals surface area contributed by atoms with Crippen molar-refractivity contribution in [1.29, 1.82) is 5.26 Å². The van der Waals surface area contributed by atoms with Crippen LogP contribution in [0.2, 0.25) is 0 Å². The standard InChI is InChI=1S/C24H24N6O3/c25-11-16-3-1-15(2-4-16)10-19-14-29(28-27-19)12-17-5-6-20-18(9-17)13-30(24(20)33)21-7-8-22(31)26-23(21)32/h1-6,9,14,21-23,26,31-32H,7-8,10,12-13H2. The summed E-state index contributed by atoms with van der Waals surface area (Å²) in [7, 11) is 0. The van der Waals surface area contributed by atoms with Gasteiger partial charge in [-0.25, -0.2) is 4.68 Å². The number of aromatic nitrogens is 3. The summed E-state index contributed by atoms with van der Waals surface area (Å²) in [5, 5.41) is 40.0. The van der Waals surface area contributed by atoms with Gasteiger partial charge in [-0.1, -0.05) is 29.5 Å². The molecule has 9 nitrogen and oxygen atoms in total. The highest BCUT2D eigenvalue weighted by Crippen LogP contribution is 2.29. The number of hydrogen-bond donors (Lipinski definition) is 3. The number of nitriles is 1. The SMILES string of the molecule is N#Cc1ccc(Cc2cn(Cc3ccc4c(c3)CN(C3CCC(O)NC3O)C4=O)nn2)cc1. The molecule has 5 rings (SSSR count). The Balaban J connectivity index is 1.26. The van der Waals surface area contributed by atoms with Gasteiger partial charge in [0.1, 0.15) is 12.5 Å². The van der Waals surface area contributed by atoms with Crippen LogP contribution in [0.25, 0.3) is 0 Å². The Morgan fingerprint density at radius 2 is 1.91 bits per heavy atom. The fourth-order valence-electron chi connectivity index (χ4n) is 4.56. The number of carbonyl (C=O) groups is 1. The number of aliphatic hydroxyl groups is 2. The van der Waals surface area contributed by atoms with E-state index in [1.165, 1.54) is 0 Å². The van der Waals surface area contributed by atoms with Crippen LogP contribution in [-0.4, -0.2) is 54.5 Å². The number of hydrogen-bond acceptors (Lipinski definition) is 7. The number of nitrogens with zero attached hydrogens (tertiary/aromatic N) is 5. The third kappa shape index (κ3) is 4.36. The molecule has 0 saturated carbocycles. The van der Waals surface area contributed by atoms with Gasteiger partial charge in [-0.3, -0.25) is 10.1 Å². The molecular formula is C24H24N6O3. The molecule has 0 aliphatic carbocycles. The summed E-state index contributed by atoms with van der Waals surface area (Å²) in [5.41, 5.74) is 5.11. The molecule has 1 saturated heterocycles. The van der Waals surface area contributed by atoms with E-state index in [4.69, 9.17) is 5.26 Å². The average molecular weight is 444 g/mol. The van der Waals surface area contributed by atoms with E-state index in [9.17, 15) is 15.0 Å². The van der Waals surface area contributed by atoms with Crippen LogP contribution < -0.4 is 5.32 Å². The molecule has 33 heavy (non-hydrogen) atoms. The van der Waals surface area contributed by atoms with E-state index in [2.05, 4.69) is 21.7 Å². The van der Waals surface area contributed by atoms with E-state index < -0.39 is 12.5 Å². The van der Waals surface area contributed by atoms with Gasteiger partial charge in [0.2, 0.25) is 0 Å². The third-order valence-electron chi connectivity index (χ3n) is 6.26.